The van der Waals surface area contributed by atoms with Crippen LogP contribution in [0.15, 0.2) is 53.0 Å². The summed E-state index contributed by atoms with van der Waals surface area (Å²) < 4.78 is 22.8. The van der Waals surface area contributed by atoms with Gasteiger partial charge in [-0.25, -0.2) is 9.59 Å². The normalized spacial score (nSPS) is 14.2. The number of esters is 2. The number of rotatable bonds is 12. The van der Waals surface area contributed by atoms with Crippen molar-refractivity contribution < 1.29 is 33.3 Å². The largest absolute Gasteiger partial charge is 0.480 e. The lowest BCUT2D eigenvalue weighted by molar-refractivity contribution is -0.145. The Balaban J connectivity index is 1.68. The molecule has 0 aliphatic carbocycles. The number of halogens is 1. The van der Waals surface area contributed by atoms with Crippen molar-refractivity contribution >= 4 is 50.8 Å². The second-order valence-corrected chi connectivity index (χ2v) is 12.5. The van der Waals surface area contributed by atoms with Crippen LogP contribution in [-0.2, 0) is 19.1 Å². The minimum absolute atomic E-state index is 0.0277. The van der Waals surface area contributed by atoms with Gasteiger partial charge < -0.3 is 29.2 Å². The molecule has 2 aromatic carbocycles. The fourth-order valence-corrected chi connectivity index (χ4v) is 7.21. The number of nitrogens with one attached hydrogen (secondary N) is 1. The zero-order valence-electron chi connectivity index (χ0n) is 25.7. The van der Waals surface area contributed by atoms with E-state index in [4.69, 9.17) is 18.9 Å². The minimum atomic E-state index is -0.699. The number of benzene rings is 2. The first kappa shape index (κ1) is 33.5. The summed E-state index contributed by atoms with van der Waals surface area (Å²) in [5.41, 5.74) is 2.63. The van der Waals surface area contributed by atoms with E-state index in [0.29, 0.717) is 15.1 Å². The second-order valence-electron chi connectivity index (χ2n) is 10.7. The van der Waals surface area contributed by atoms with Crippen molar-refractivity contribution in [1.82, 2.24) is 5.32 Å². The number of aryl methyl sites for hydroxylation is 1. The number of carbonyl (C=O) groups excluding carboxylic acids is 3. The average molecular weight is 688 g/mol. The molecule has 0 radical (unpaired) electrons. The van der Waals surface area contributed by atoms with Crippen molar-refractivity contribution in [1.29, 1.82) is 0 Å². The number of thiophene rings is 1. The Hall–Kier alpha value is -3.41. The SMILES string of the molecule is CCOC(=O)COc1c(C(=O)OC)sc(-c2cccc(OC(C(=O)N(c3ccccc3C)C(C)C)C3CCNCC3)c2)c1Br. The Bertz CT molecular complexity index is 1470. The molecule has 1 N–H and O–H groups in total. The summed E-state index contributed by atoms with van der Waals surface area (Å²) in [6.45, 7) is 9.23. The quantitative estimate of drug-likeness (QED) is 0.218. The van der Waals surface area contributed by atoms with Gasteiger partial charge in [-0.1, -0.05) is 30.3 Å². The number of ether oxygens (including phenoxy) is 4. The Kier molecular flexibility index (Phi) is 11.8. The van der Waals surface area contributed by atoms with E-state index in [9.17, 15) is 14.4 Å². The third-order valence-corrected chi connectivity index (χ3v) is 9.58. The Morgan fingerprint density at radius 2 is 1.82 bits per heavy atom. The molecule has 3 aromatic rings. The highest BCUT2D eigenvalue weighted by atomic mass is 79.9. The van der Waals surface area contributed by atoms with E-state index in [2.05, 4.69) is 21.2 Å². The molecule has 0 spiro atoms. The standard InChI is InChI=1S/C33H39BrN2O7S/c1-6-41-26(37)19-42-29-27(34)30(44-31(29)33(39)40-5)23-11-9-12-24(18-23)43-28(22-14-16-35-17-15-22)32(38)36(20(2)3)25-13-8-7-10-21(25)4/h7-13,18,20,22,28,35H,6,14-17,19H2,1-5H3. The highest BCUT2D eigenvalue weighted by Gasteiger charge is 2.37. The van der Waals surface area contributed by atoms with Gasteiger partial charge in [0.15, 0.2) is 23.3 Å². The van der Waals surface area contributed by atoms with Crippen LogP contribution in [0.25, 0.3) is 10.4 Å². The van der Waals surface area contributed by atoms with Crippen molar-refractivity contribution in [2.24, 2.45) is 5.92 Å². The summed E-state index contributed by atoms with van der Waals surface area (Å²) >= 11 is 4.74. The van der Waals surface area contributed by atoms with Gasteiger partial charge in [-0.15, -0.1) is 11.3 Å². The van der Waals surface area contributed by atoms with Crippen LogP contribution in [0.3, 0.4) is 0 Å². The third-order valence-electron chi connectivity index (χ3n) is 7.36. The maximum absolute atomic E-state index is 14.3. The van der Waals surface area contributed by atoms with Gasteiger partial charge in [0.25, 0.3) is 5.91 Å². The van der Waals surface area contributed by atoms with Gasteiger partial charge >= 0.3 is 11.9 Å². The molecule has 1 aliphatic heterocycles. The minimum Gasteiger partial charge on any atom is -0.480 e. The first-order valence-corrected chi connectivity index (χ1v) is 16.3. The van der Waals surface area contributed by atoms with E-state index in [1.165, 1.54) is 18.4 Å². The Labute approximate surface area is 271 Å². The number of carbonyl (C=O) groups is 3. The van der Waals surface area contributed by atoms with Crippen molar-refractivity contribution in [2.75, 3.05) is 38.3 Å². The summed E-state index contributed by atoms with van der Waals surface area (Å²) in [4.78, 5) is 41.7. The lowest BCUT2D eigenvalue weighted by Crippen LogP contribution is -2.51. The van der Waals surface area contributed by atoms with Crippen LogP contribution in [0.2, 0.25) is 0 Å². The molecular weight excluding hydrogens is 648 g/mol. The molecule has 11 heteroatoms. The van der Waals surface area contributed by atoms with Crippen molar-refractivity contribution in [3.63, 3.8) is 0 Å². The topological polar surface area (TPSA) is 103 Å². The van der Waals surface area contributed by atoms with Crippen molar-refractivity contribution in [3.8, 4) is 21.9 Å². The number of anilines is 1. The lowest BCUT2D eigenvalue weighted by atomic mass is 9.90. The molecule has 44 heavy (non-hydrogen) atoms. The summed E-state index contributed by atoms with van der Waals surface area (Å²) in [6, 6.07) is 15.2. The van der Waals surface area contributed by atoms with Crippen molar-refractivity contribution in [2.45, 2.75) is 52.7 Å². The van der Waals surface area contributed by atoms with Gasteiger partial charge in [-0.3, -0.25) is 4.79 Å². The zero-order chi connectivity index (χ0) is 31.8. The van der Waals surface area contributed by atoms with E-state index in [1.54, 1.807) is 6.92 Å². The molecule has 1 amide bonds. The highest BCUT2D eigenvalue weighted by Crippen LogP contribution is 2.46. The number of piperidine rings is 1. The number of hydrogen-bond donors (Lipinski definition) is 1. The summed E-state index contributed by atoms with van der Waals surface area (Å²) in [5, 5.41) is 3.38. The molecule has 236 valence electrons. The number of methoxy groups -OCH3 is 1. The van der Waals surface area contributed by atoms with Gasteiger partial charge in [0.2, 0.25) is 0 Å². The predicted octanol–water partition coefficient (Wildman–Crippen LogP) is 6.40. The fraction of sp³-hybridized carbons (Fsp3) is 0.424. The van der Waals surface area contributed by atoms with Gasteiger partial charge in [0.05, 0.1) is 23.1 Å². The van der Waals surface area contributed by atoms with Crippen LogP contribution in [0.5, 0.6) is 11.5 Å². The van der Waals surface area contributed by atoms with E-state index in [1.807, 2.05) is 74.2 Å². The maximum Gasteiger partial charge on any atom is 0.351 e. The van der Waals surface area contributed by atoms with Crippen LogP contribution in [0.4, 0.5) is 5.69 Å². The molecule has 0 saturated carbocycles. The molecule has 1 fully saturated rings. The predicted molar refractivity (Wildman–Crippen MR) is 175 cm³/mol. The first-order valence-electron chi connectivity index (χ1n) is 14.7. The molecule has 0 bridgehead atoms. The summed E-state index contributed by atoms with van der Waals surface area (Å²) in [5.74, 6) is -0.457. The molecular formula is C33H39BrN2O7S. The first-order chi connectivity index (χ1) is 21.2. The van der Waals surface area contributed by atoms with Gasteiger partial charge in [0.1, 0.15) is 5.75 Å². The van der Waals surface area contributed by atoms with E-state index < -0.39 is 18.0 Å². The Morgan fingerprint density at radius 3 is 2.48 bits per heavy atom. The third kappa shape index (κ3) is 7.80. The fourth-order valence-electron chi connectivity index (χ4n) is 5.25. The van der Waals surface area contributed by atoms with E-state index >= 15 is 0 Å². The van der Waals surface area contributed by atoms with Crippen molar-refractivity contribution in [3.05, 3.63) is 63.4 Å². The number of para-hydroxylation sites is 1. The Morgan fingerprint density at radius 1 is 1.09 bits per heavy atom. The van der Waals surface area contributed by atoms with Gasteiger partial charge in [-0.2, -0.15) is 0 Å². The lowest BCUT2D eigenvalue weighted by Gasteiger charge is -2.36. The number of amides is 1. The van der Waals surface area contributed by atoms with Crippen LogP contribution >= 0.6 is 27.3 Å². The molecule has 1 atom stereocenters. The maximum atomic E-state index is 14.3. The highest BCUT2D eigenvalue weighted by molar-refractivity contribution is 9.10. The van der Waals surface area contributed by atoms with Crippen LogP contribution in [-0.4, -0.2) is 63.4 Å². The number of nitrogens with zero attached hydrogens (tertiary/aromatic N) is 1. The molecule has 1 unspecified atom stereocenters. The summed E-state index contributed by atoms with van der Waals surface area (Å²) in [6.07, 6.45) is 0.932. The van der Waals surface area contributed by atoms with Gasteiger partial charge in [-0.05, 0) is 98.9 Å². The molecule has 1 aromatic heterocycles. The second kappa shape index (κ2) is 15.5. The van der Waals surface area contributed by atoms with Crippen LogP contribution < -0.4 is 19.7 Å². The van der Waals surface area contributed by atoms with E-state index in [-0.39, 0.29) is 41.7 Å². The average Bonchev–Trinajstić information content (AvgIpc) is 3.35. The van der Waals surface area contributed by atoms with E-state index in [0.717, 1.165) is 42.7 Å². The molecule has 1 aliphatic rings. The summed E-state index contributed by atoms with van der Waals surface area (Å²) in [7, 11) is 1.29. The monoisotopic (exact) mass is 686 g/mol. The number of hydrogen-bond acceptors (Lipinski definition) is 9. The molecule has 2 heterocycles. The molecule has 9 nitrogen and oxygen atoms in total. The molecule has 1 saturated heterocycles. The van der Waals surface area contributed by atoms with Gasteiger partial charge in [0, 0.05) is 17.6 Å². The van der Waals surface area contributed by atoms with Crippen LogP contribution in [0.1, 0.15) is 48.8 Å². The molecule has 4 rings (SSSR count). The zero-order valence-corrected chi connectivity index (χ0v) is 28.1. The van der Waals surface area contributed by atoms with Crippen LogP contribution in [0, 0.1) is 12.8 Å². The smallest absolute Gasteiger partial charge is 0.351 e.